The summed E-state index contributed by atoms with van der Waals surface area (Å²) in [5.74, 6) is 1.66. The topological polar surface area (TPSA) is 56.3 Å². The molecule has 1 aliphatic rings. The standard InChI is InChI=1S/C14H26N4O/c1-5-6-11-13(15)14(17(3)16-11)18-8-7-10(2)12(9-18)19-4/h10,12H,5-9,15H2,1-4H3. The van der Waals surface area contributed by atoms with E-state index in [4.69, 9.17) is 10.5 Å². The van der Waals surface area contributed by atoms with Crippen LogP contribution in [0.1, 0.15) is 32.4 Å². The molecule has 1 fully saturated rings. The van der Waals surface area contributed by atoms with Gasteiger partial charge < -0.3 is 15.4 Å². The van der Waals surface area contributed by atoms with Gasteiger partial charge >= 0.3 is 0 Å². The Morgan fingerprint density at radius 2 is 2.21 bits per heavy atom. The van der Waals surface area contributed by atoms with Crippen LogP contribution in [0.3, 0.4) is 0 Å². The lowest BCUT2D eigenvalue weighted by molar-refractivity contribution is 0.0495. The molecule has 0 bridgehead atoms. The lowest BCUT2D eigenvalue weighted by Crippen LogP contribution is -2.44. The summed E-state index contributed by atoms with van der Waals surface area (Å²) in [5.41, 5.74) is 8.14. The Balaban J connectivity index is 2.22. The maximum Gasteiger partial charge on any atom is 0.150 e. The number of hydrogen-bond donors (Lipinski definition) is 1. The average Bonchev–Trinajstić information content (AvgIpc) is 2.66. The van der Waals surface area contributed by atoms with Gasteiger partial charge in [-0.2, -0.15) is 5.10 Å². The third-order valence-electron chi connectivity index (χ3n) is 4.11. The summed E-state index contributed by atoms with van der Waals surface area (Å²) in [4.78, 5) is 2.32. The summed E-state index contributed by atoms with van der Waals surface area (Å²) in [6, 6.07) is 0. The molecule has 5 nitrogen and oxygen atoms in total. The number of piperidine rings is 1. The number of nitrogen functional groups attached to an aromatic ring is 1. The zero-order valence-corrected chi connectivity index (χ0v) is 12.5. The first-order valence-electron chi connectivity index (χ1n) is 7.17. The van der Waals surface area contributed by atoms with Crippen LogP contribution < -0.4 is 10.6 Å². The highest BCUT2D eigenvalue weighted by Gasteiger charge is 2.29. The van der Waals surface area contributed by atoms with E-state index in [9.17, 15) is 0 Å². The molecule has 0 aliphatic carbocycles. The smallest absolute Gasteiger partial charge is 0.150 e. The van der Waals surface area contributed by atoms with Crippen LogP contribution >= 0.6 is 0 Å². The normalized spacial score (nSPS) is 23.9. The van der Waals surface area contributed by atoms with Gasteiger partial charge in [0.1, 0.15) is 0 Å². The number of nitrogens with two attached hydrogens (primary N) is 1. The third-order valence-corrected chi connectivity index (χ3v) is 4.11. The van der Waals surface area contributed by atoms with Crippen LogP contribution in [0.15, 0.2) is 0 Å². The first-order chi connectivity index (χ1) is 9.08. The minimum atomic E-state index is 0.276. The second kappa shape index (κ2) is 5.82. The highest BCUT2D eigenvalue weighted by atomic mass is 16.5. The molecule has 0 amide bonds. The van der Waals surface area contributed by atoms with E-state index in [1.54, 1.807) is 7.11 Å². The van der Waals surface area contributed by atoms with Crippen molar-refractivity contribution in [3.05, 3.63) is 5.69 Å². The molecule has 19 heavy (non-hydrogen) atoms. The quantitative estimate of drug-likeness (QED) is 0.903. The number of aromatic nitrogens is 2. The number of anilines is 2. The fourth-order valence-corrected chi connectivity index (χ4v) is 2.92. The van der Waals surface area contributed by atoms with Gasteiger partial charge in [0, 0.05) is 27.2 Å². The molecule has 2 atom stereocenters. The van der Waals surface area contributed by atoms with Crippen LogP contribution in [0.5, 0.6) is 0 Å². The van der Waals surface area contributed by atoms with Gasteiger partial charge in [0.25, 0.3) is 0 Å². The highest BCUT2D eigenvalue weighted by Crippen LogP contribution is 2.31. The SMILES string of the molecule is CCCc1nn(C)c(N2CCC(C)C(OC)C2)c1N. The van der Waals surface area contributed by atoms with Crippen molar-refractivity contribution >= 4 is 11.5 Å². The van der Waals surface area contributed by atoms with Crippen molar-refractivity contribution in [2.24, 2.45) is 13.0 Å². The number of aryl methyl sites for hydroxylation is 2. The van der Waals surface area contributed by atoms with E-state index in [1.807, 2.05) is 11.7 Å². The molecule has 1 aromatic heterocycles. The molecule has 5 heteroatoms. The Hall–Kier alpha value is -1.23. The fourth-order valence-electron chi connectivity index (χ4n) is 2.92. The summed E-state index contributed by atoms with van der Waals surface area (Å²) < 4.78 is 7.50. The molecule has 0 radical (unpaired) electrons. The predicted octanol–water partition coefficient (Wildman–Crippen LogP) is 1.82. The van der Waals surface area contributed by atoms with Crippen LogP contribution in [0.25, 0.3) is 0 Å². The summed E-state index contributed by atoms with van der Waals surface area (Å²) >= 11 is 0. The maximum absolute atomic E-state index is 6.28. The van der Waals surface area contributed by atoms with Crippen LogP contribution in [-0.4, -0.2) is 36.1 Å². The largest absolute Gasteiger partial charge is 0.394 e. The summed E-state index contributed by atoms with van der Waals surface area (Å²) in [6.45, 7) is 6.32. The average molecular weight is 266 g/mol. The van der Waals surface area contributed by atoms with E-state index in [0.29, 0.717) is 5.92 Å². The van der Waals surface area contributed by atoms with Gasteiger partial charge in [-0.1, -0.05) is 20.3 Å². The van der Waals surface area contributed by atoms with Gasteiger partial charge in [-0.05, 0) is 18.8 Å². The van der Waals surface area contributed by atoms with Crippen molar-refractivity contribution < 1.29 is 4.74 Å². The number of nitrogens with zero attached hydrogens (tertiary/aromatic N) is 3. The summed E-state index contributed by atoms with van der Waals surface area (Å²) in [6.07, 6.45) is 3.42. The molecular weight excluding hydrogens is 240 g/mol. The minimum Gasteiger partial charge on any atom is -0.394 e. The van der Waals surface area contributed by atoms with Gasteiger partial charge in [0.15, 0.2) is 5.82 Å². The van der Waals surface area contributed by atoms with Gasteiger partial charge in [0.05, 0.1) is 17.5 Å². The molecule has 2 rings (SSSR count). The van der Waals surface area contributed by atoms with Gasteiger partial charge in [-0.25, -0.2) is 0 Å². The van der Waals surface area contributed by atoms with Crippen LogP contribution in [0.2, 0.25) is 0 Å². The van der Waals surface area contributed by atoms with Crippen LogP contribution in [0.4, 0.5) is 11.5 Å². The molecule has 108 valence electrons. The van der Waals surface area contributed by atoms with Crippen LogP contribution in [-0.2, 0) is 18.2 Å². The zero-order valence-electron chi connectivity index (χ0n) is 12.5. The first kappa shape index (κ1) is 14.2. The van der Waals surface area contributed by atoms with Crippen LogP contribution in [0, 0.1) is 5.92 Å². The lowest BCUT2D eigenvalue weighted by Gasteiger charge is -2.37. The Labute approximate surface area is 115 Å². The van der Waals surface area contributed by atoms with Gasteiger partial charge in [-0.3, -0.25) is 4.68 Å². The molecule has 0 aromatic carbocycles. The molecule has 2 heterocycles. The van der Waals surface area contributed by atoms with E-state index in [1.165, 1.54) is 0 Å². The molecule has 1 aromatic rings. The number of ether oxygens (including phenoxy) is 1. The zero-order chi connectivity index (χ0) is 14.0. The minimum absolute atomic E-state index is 0.276. The monoisotopic (exact) mass is 266 g/mol. The van der Waals surface area contributed by atoms with E-state index in [0.717, 1.165) is 49.6 Å². The fraction of sp³-hybridized carbons (Fsp3) is 0.786. The Morgan fingerprint density at radius 1 is 1.47 bits per heavy atom. The second-order valence-electron chi connectivity index (χ2n) is 5.54. The van der Waals surface area contributed by atoms with Crippen molar-refractivity contribution in [1.29, 1.82) is 0 Å². The Kier molecular flexibility index (Phi) is 4.34. The second-order valence-corrected chi connectivity index (χ2v) is 5.54. The first-order valence-corrected chi connectivity index (χ1v) is 7.17. The van der Waals surface area contributed by atoms with Crippen molar-refractivity contribution in [2.45, 2.75) is 39.2 Å². The van der Waals surface area contributed by atoms with E-state index in [2.05, 4.69) is 23.8 Å². The maximum atomic E-state index is 6.28. The number of rotatable bonds is 4. The summed E-state index contributed by atoms with van der Waals surface area (Å²) in [5, 5.41) is 4.55. The van der Waals surface area contributed by atoms with E-state index in [-0.39, 0.29) is 6.10 Å². The number of methoxy groups -OCH3 is 1. The number of hydrogen-bond acceptors (Lipinski definition) is 4. The van der Waals surface area contributed by atoms with E-state index >= 15 is 0 Å². The molecule has 0 spiro atoms. The van der Waals surface area contributed by atoms with Crippen molar-refractivity contribution in [3.8, 4) is 0 Å². The molecule has 2 unspecified atom stereocenters. The highest BCUT2D eigenvalue weighted by molar-refractivity contribution is 5.66. The lowest BCUT2D eigenvalue weighted by atomic mass is 9.96. The van der Waals surface area contributed by atoms with Crippen molar-refractivity contribution in [2.75, 3.05) is 30.8 Å². The molecule has 1 saturated heterocycles. The molecular formula is C14H26N4O. The summed E-state index contributed by atoms with van der Waals surface area (Å²) in [7, 11) is 3.77. The van der Waals surface area contributed by atoms with Crippen molar-refractivity contribution in [1.82, 2.24) is 9.78 Å². The van der Waals surface area contributed by atoms with E-state index < -0.39 is 0 Å². The third kappa shape index (κ3) is 2.71. The molecule has 2 N–H and O–H groups in total. The Bertz CT molecular complexity index is 429. The van der Waals surface area contributed by atoms with Crippen molar-refractivity contribution in [3.63, 3.8) is 0 Å². The molecule has 1 aliphatic heterocycles. The predicted molar refractivity (Wildman–Crippen MR) is 78.4 cm³/mol. The molecule has 0 saturated carbocycles. The van der Waals surface area contributed by atoms with Gasteiger partial charge in [-0.15, -0.1) is 0 Å². The Morgan fingerprint density at radius 3 is 2.84 bits per heavy atom. The van der Waals surface area contributed by atoms with Gasteiger partial charge in [0.2, 0.25) is 0 Å².